The Kier molecular flexibility index (Phi) is 3.31. The van der Waals surface area contributed by atoms with Crippen molar-refractivity contribution in [2.24, 2.45) is 5.16 Å². The molecule has 70 valence electrons. The molecule has 0 unspecified atom stereocenters. The van der Waals surface area contributed by atoms with Crippen molar-refractivity contribution in [1.29, 1.82) is 0 Å². The molecule has 0 aromatic heterocycles. The molecule has 0 heterocycles. The summed E-state index contributed by atoms with van der Waals surface area (Å²) in [6.07, 6.45) is 1.51. The summed E-state index contributed by atoms with van der Waals surface area (Å²) in [5, 5.41) is 13.2. The Morgan fingerprint density at radius 1 is 1.54 bits per heavy atom. The largest absolute Gasteiger partial charge is 0.507 e. The van der Waals surface area contributed by atoms with Crippen LogP contribution in [0.4, 0.5) is 0 Å². The fourth-order valence-corrected chi connectivity index (χ4v) is 0.954. The van der Waals surface area contributed by atoms with Crippen molar-refractivity contribution in [2.45, 2.75) is 13.8 Å². The molecule has 13 heavy (non-hydrogen) atoms. The second-order valence-corrected chi connectivity index (χ2v) is 2.67. The molecular weight excluding hydrogens is 166 g/mol. The molecule has 0 saturated heterocycles. The van der Waals surface area contributed by atoms with Crippen LogP contribution in [0.25, 0.3) is 0 Å². The van der Waals surface area contributed by atoms with Gasteiger partial charge < -0.3 is 9.94 Å². The summed E-state index contributed by atoms with van der Waals surface area (Å²) < 4.78 is 0. The van der Waals surface area contributed by atoms with Crippen LogP contribution < -0.4 is 0 Å². The molecule has 0 atom stereocenters. The van der Waals surface area contributed by atoms with Gasteiger partial charge in [-0.3, -0.25) is 0 Å². The van der Waals surface area contributed by atoms with E-state index >= 15 is 0 Å². The predicted octanol–water partition coefficient (Wildman–Crippen LogP) is 2.07. The molecule has 1 aromatic rings. The third-order valence-electron chi connectivity index (χ3n) is 1.66. The fraction of sp³-hybridized carbons (Fsp3) is 0.300. The number of aromatic hydroxyl groups is 1. The van der Waals surface area contributed by atoms with Gasteiger partial charge in [-0.05, 0) is 25.5 Å². The van der Waals surface area contributed by atoms with E-state index in [9.17, 15) is 5.11 Å². The molecule has 0 aliphatic heterocycles. The summed E-state index contributed by atoms with van der Waals surface area (Å²) in [5.41, 5.74) is 1.51. The van der Waals surface area contributed by atoms with Gasteiger partial charge in [0.1, 0.15) is 12.4 Å². The van der Waals surface area contributed by atoms with E-state index in [1.807, 2.05) is 26.0 Å². The van der Waals surface area contributed by atoms with Gasteiger partial charge in [-0.15, -0.1) is 0 Å². The molecule has 1 aromatic carbocycles. The quantitative estimate of drug-likeness (QED) is 0.570. The molecule has 3 nitrogen and oxygen atoms in total. The molecule has 3 heteroatoms. The lowest BCUT2D eigenvalue weighted by Gasteiger charge is -2.00. The highest BCUT2D eigenvalue weighted by atomic mass is 16.6. The van der Waals surface area contributed by atoms with Gasteiger partial charge in [0.2, 0.25) is 0 Å². The minimum absolute atomic E-state index is 0.256. The predicted molar refractivity (Wildman–Crippen MR) is 52.1 cm³/mol. The van der Waals surface area contributed by atoms with Crippen molar-refractivity contribution >= 4 is 6.21 Å². The van der Waals surface area contributed by atoms with Gasteiger partial charge in [0.25, 0.3) is 0 Å². The van der Waals surface area contributed by atoms with E-state index < -0.39 is 0 Å². The molecule has 0 amide bonds. The lowest BCUT2D eigenvalue weighted by atomic mass is 10.1. The Morgan fingerprint density at radius 2 is 2.31 bits per heavy atom. The van der Waals surface area contributed by atoms with Crippen LogP contribution in [0.5, 0.6) is 5.75 Å². The number of aryl methyl sites for hydroxylation is 1. The summed E-state index contributed by atoms with van der Waals surface area (Å²) >= 11 is 0. The van der Waals surface area contributed by atoms with Crippen LogP contribution in [0.15, 0.2) is 23.4 Å². The van der Waals surface area contributed by atoms with Crippen molar-refractivity contribution < 1.29 is 9.94 Å². The van der Waals surface area contributed by atoms with Gasteiger partial charge >= 0.3 is 0 Å². The van der Waals surface area contributed by atoms with E-state index in [1.54, 1.807) is 6.07 Å². The molecule has 0 aliphatic rings. The normalized spacial score (nSPS) is 10.6. The number of hydrogen-bond acceptors (Lipinski definition) is 3. The first-order chi connectivity index (χ1) is 6.25. The Morgan fingerprint density at radius 3 is 3.00 bits per heavy atom. The minimum Gasteiger partial charge on any atom is -0.507 e. The zero-order chi connectivity index (χ0) is 9.68. The molecule has 0 fully saturated rings. The van der Waals surface area contributed by atoms with Crippen LogP contribution >= 0.6 is 0 Å². The topological polar surface area (TPSA) is 41.8 Å². The Labute approximate surface area is 77.6 Å². The molecule has 0 radical (unpaired) electrons. The van der Waals surface area contributed by atoms with Crippen LogP contribution in [0, 0.1) is 6.92 Å². The molecule has 1 rings (SSSR count). The molecule has 0 aliphatic carbocycles. The molecular formula is C10H13NO2. The summed E-state index contributed by atoms with van der Waals surface area (Å²) in [6, 6.07) is 5.49. The van der Waals surface area contributed by atoms with E-state index in [1.165, 1.54) is 6.21 Å². The monoisotopic (exact) mass is 179 g/mol. The number of hydrogen-bond donors (Lipinski definition) is 1. The third kappa shape index (κ3) is 2.47. The molecule has 1 N–H and O–H groups in total. The molecule has 0 spiro atoms. The number of oxime groups is 1. The van der Waals surface area contributed by atoms with E-state index in [2.05, 4.69) is 5.16 Å². The maximum Gasteiger partial charge on any atom is 0.127 e. The van der Waals surface area contributed by atoms with Crippen LogP contribution in [0.1, 0.15) is 18.1 Å². The highest BCUT2D eigenvalue weighted by Crippen LogP contribution is 2.19. The first kappa shape index (κ1) is 9.58. The number of phenolic OH excluding ortho intramolecular Hbond substituents is 1. The van der Waals surface area contributed by atoms with Crippen molar-refractivity contribution in [2.75, 3.05) is 6.61 Å². The third-order valence-corrected chi connectivity index (χ3v) is 1.66. The van der Waals surface area contributed by atoms with E-state index in [0.29, 0.717) is 12.2 Å². The van der Waals surface area contributed by atoms with Crippen molar-refractivity contribution in [3.8, 4) is 5.75 Å². The first-order valence-corrected chi connectivity index (χ1v) is 4.19. The lowest BCUT2D eigenvalue weighted by molar-refractivity contribution is 0.160. The first-order valence-electron chi connectivity index (χ1n) is 4.19. The average molecular weight is 179 g/mol. The lowest BCUT2D eigenvalue weighted by Crippen LogP contribution is -1.87. The number of rotatable bonds is 3. The Balaban J connectivity index is 2.83. The molecule has 0 saturated carbocycles. The van der Waals surface area contributed by atoms with Crippen molar-refractivity contribution in [3.63, 3.8) is 0 Å². The van der Waals surface area contributed by atoms with Gasteiger partial charge in [0.05, 0.1) is 6.21 Å². The highest BCUT2D eigenvalue weighted by molar-refractivity contribution is 5.83. The van der Waals surface area contributed by atoms with E-state index in [4.69, 9.17) is 4.84 Å². The number of nitrogens with zero attached hydrogens (tertiary/aromatic N) is 1. The Bertz CT molecular complexity index is 308. The number of benzene rings is 1. The smallest absolute Gasteiger partial charge is 0.127 e. The summed E-state index contributed by atoms with van der Waals surface area (Å²) in [4.78, 5) is 4.79. The summed E-state index contributed by atoms with van der Waals surface area (Å²) in [7, 11) is 0. The maximum absolute atomic E-state index is 9.55. The molecule has 0 bridgehead atoms. The van der Waals surface area contributed by atoms with Gasteiger partial charge in [0, 0.05) is 5.56 Å². The minimum atomic E-state index is 0.256. The zero-order valence-electron chi connectivity index (χ0n) is 7.82. The second kappa shape index (κ2) is 4.50. The second-order valence-electron chi connectivity index (χ2n) is 2.67. The zero-order valence-corrected chi connectivity index (χ0v) is 7.82. The standard InChI is InChI=1S/C10H13NO2/c1-3-13-11-7-9-6-4-5-8(2)10(9)12/h4-7,12H,3H2,1-2H3/b11-7+. The van der Waals surface area contributed by atoms with Crippen LogP contribution in [-0.2, 0) is 4.84 Å². The summed E-state index contributed by atoms with van der Waals surface area (Å²) in [5.74, 6) is 0.256. The van der Waals surface area contributed by atoms with E-state index in [0.717, 1.165) is 5.56 Å². The van der Waals surface area contributed by atoms with E-state index in [-0.39, 0.29) is 5.75 Å². The van der Waals surface area contributed by atoms with Crippen LogP contribution in [0.3, 0.4) is 0 Å². The number of phenols is 1. The maximum atomic E-state index is 9.55. The SMILES string of the molecule is CCO/N=C/c1cccc(C)c1O. The van der Waals surface area contributed by atoms with Crippen LogP contribution in [0.2, 0.25) is 0 Å². The highest BCUT2D eigenvalue weighted by Gasteiger charge is 1.99. The van der Waals surface area contributed by atoms with Crippen molar-refractivity contribution in [3.05, 3.63) is 29.3 Å². The van der Waals surface area contributed by atoms with Crippen molar-refractivity contribution in [1.82, 2.24) is 0 Å². The van der Waals surface area contributed by atoms with Crippen LogP contribution in [-0.4, -0.2) is 17.9 Å². The van der Waals surface area contributed by atoms with Gasteiger partial charge in [-0.25, -0.2) is 0 Å². The van der Waals surface area contributed by atoms with Gasteiger partial charge in [-0.1, -0.05) is 17.3 Å². The van der Waals surface area contributed by atoms with Gasteiger partial charge in [0.15, 0.2) is 0 Å². The number of para-hydroxylation sites is 1. The van der Waals surface area contributed by atoms with Gasteiger partial charge in [-0.2, -0.15) is 0 Å². The fourth-order valence-electron chi connectivity index (χ4n) is 0.954. The average Bonchev–Trinajstić information content (AvgIpc) is 2.13. The Hall–Kier alpha value is -1.51. The summed E-state index contributed by atoms with van der Waals surface area (Å²) in [6.45, 7) is 4.23.